The fraction of sp³-hybridized carbons (Fsp3) is 0.172. The van der Waals surface area contributed by atoms with Crippen LogP contribution in [0.25, 0.3) is 0 Å². The Bertz CT molecular complexity index is 1040. The topological polar surface area (TPSA) is 36.9 Å². The molecule has 0 aromatic heterocycles. The molecule has 0 unspecified atom stereocenters. The second-order valence-electron chi connectivity index (χ2n) is 8.47. The van der Waals surface area contributed by atoms with Crippen LogP contribution in [0.5, 0.6) is 23.0 Å². The van der Waals surface area contributed by atoms with E-state index in [0.29, 0.717) is 26.4 Å². The Hall–Kier alpha value is -2.00. The van der Waals surface area contributed by atoms with Gasteiger partial charge in [-0.3, -0.25) is 0 Å². The minimum atomic E-state index is -0.639. The van der Waals surface area contributed by atoms with Gasteiger partial charge in [-0.25, -0.2) is 0 Å². The molecule has 0 radical (unpaired) electrons. The Kier molecular flexibility index (Phi) is 10.4. The first-order valence-corrected chi connectivity index (χ1v) is 14.6. The summed E-state index contributed by atoms with van der Waals surface area (Å²) in [6.45, 7) is 1.27. The van der Waals surface area contributed by atoms with Crippen molar-refractivity contribution in [2.24, 2.45) is 5.41 Å². The van der Waals surface area contributed by atoms with Gasteiger partial charge in [0, 0.05) is 17.9 Å². The smallest absolute Gasteiger partial charge is 0.119 e. The molecule has 192 valence electrons. The number of benzene rings is 4. The van der Waals surface area contributed by atoms with Gasteiger partial charge in [-0.2, -0.15) is 0 Å². The van der Waals surface area contributed by atoms with Crippen LogP contribution >= 0.6 is 63.7 Å². The molecule has 4 rings (SSSR count). The molecular weight excluding hydrogens is 732 g/mol. The highest BCUT2D eigenvalue weighted by Crippen LogP contribution is 2.28. The maximum absolute atomic E-state index is 6.27. The molecular formula is C29H24Br4O4. The van der Waals surface area contributed by atoms with Crippen molar-refractivity contribution in [3.63, 3.8) is 0 Å². The van der Waals surface area contributed by atoms with E-state index in [-0.39, 0.29) is 0 Å². The zero-order valence-corrected chi connectivity index (χ0v) is 26.1. The molecule has 0 bridgehead atoms. The summed E-state index contributed by atoms with van der Waals surface area (Å²) in [4.78, 5) is 0. The maximum Gasteiger partial charge on any atom is 0.119 e. The third kappa shape index (κ3) is 9.06. The lowest BCUT2D eigenvalue weighted by atomic mass is 9.92. The SMILES string of the molecule is Brc1ccc(OCC(COc2ccc(Br)cc2)(COc2ccc(Br)cc2)COc2ccc(Br)cc2)cc1. The van der Waals surface area contributed by atoms with Crippen molar-refractivity contribution in [3.05, 3.63) is 115 Å². The van der Waals surface area contributed by atoms with Gasteiger partial charge in [-0.15, -0.1) is 0 Å². The highest BCUT2D eigenvalue weighted by Gasteiger charge is 2.36. The van der Waals surface area contributed by atoms with Crippen LogP contribution in [-0.2, 0) is 0 Å². The van der Waals surface area contributed by atoms with E-state index in [9.17, 15) is 0 Å². The second-order valence-corrected chi connectivity index (χ2v) is 12.1. The predicted octanol–water partition coefficient (Wildman–Crippen LogP) is 9.34. The summed E-state index contributed by atoms with van der Waals surface area (Å²) in [5.74, 6) is 3.01. The van der Waals surface area contributed by atoms with Crippen LogP contribution in [0.15, 0.2) is 115 Å². The monoisotopic (exact) mass is 752 g/mol. The van der Waals surface area contributed by atoms with E-state index in [1.54, 1.807) is 0 Å². The number of halogens is 4. The van der Waals surface area contributed by atoms with Crippen LogP contribution in [0.2, 0.25) is 0 Å². The number of hydrogen-bond acceptors (Lipinski definition) is 4. The van der Waals surface area contributed by atoms with E-state index >= 15 is 0 Å². The van der Waals surface area contributed by atoms with Crippen molar-refractivity contribution >= 4 is 63.7 Å². The summed E-state index contributed by atoms with van der Waals surface area (Å²) in [7, 11) is 0. The van der Waals surface area contributed by atoms with Crippen LogP contribution in [0.4, 0.5) is 0 Å². The molecule has 0 atom stereocenters. The first-order chi connectivity index (χ1) is 17.9. The van der Waals surface area contributed by atoms with Gasteiger partial charge in [0.05, 0.1) is 0 Å². The Morgan fingerprint density at radius 1 is 0.351 bits per heavy atom. The lowest BCUT2D eigenvalue weighted by Gasteiger charge is -2.33. The van der Waals surface area contributed by atoms with Crippen molar-refractivity contribution in [1.82, 2.24) is 0 Å². The number of ether oxygens (including phenoxy) is 4. The summed E-state index contributed by atoms with van der Waals surface area (Å²) in [5.41, 5.74) is -0.639. The molecule has 0 amide bonds. The lowest BCUT2D eigenvalue weighted by molar-refractivity contribution is -0.00352. The van der Waals surface area contributed by atoms with Crippen molar-refractivity contribution < 1.29 is 18.9 Å². The first kappa shape index (κ1) is 28.0. The predicted molar refractivity (Wildman–Crippen MR) is 161 cm³/mol. The zero-order valence-electron chi connectivity index (χ0n) is 19.7. The standard InChI is InChI=1S/C29H24Br4O4/c30-21-1-9-25(10-2-21)34-17-29(18-35-26-11-3-22(31)4-12-26,19-36-27-13-5-23(32)6-14-27)20-37-28-15-7-24(33)8-16-28/h1-16H,17-20H2. The summed E-state index contributed by atoms with van der Waals surface area (Å²) < 4.78 is 29.0. The molecule has 0 N–H and O–H groups in total. The van der Waals surface area contributed by atoms with Crippen LogP contribution < -0.4 is 18.9 Å². The molecule has 0 aliphatic carbocycles. The summed E-state index contributed by atoms with van der Waals surface area (Å²) in [5, 5.41) is 0. The van der Waals surface area contributed by atoms with Crippen molar-refractivity contribution in [2.45, 2.75) is 0 Å². The van der Waals surface area contributed by atoms with Crippen LogP contribution in [0, 0.1) is 5.41 Å². The first-order valence-electron chi connectivity index (χ1n) is 11.4. The van der Waals surface area contributed by atoms with E-state index < -0.39 is 5.41 Å². The van der Waals surface area contributed by atoms with Gasteiger partial charge in [-0.1, -0.05) is 63.7 Å². The van der Waals surface area contributed by atoms with Gasteiger partial charge in [0.25, 0.3) is 0 Å². The molecule has 0 aliphatic rings. The van der Waals surface area contributed by atoms with Gasteiger partial charge in [0.2, 0.25) is 0 Å². The van der Waals surface area contributed by atoms with E-state index in [0.717, 1.165) is 40.9 Å². The molecule has 0 aliphatic heterocycles. The summed E-state index contributed by atoms with van der Waals surface area (Å²) in [6, 6.07) is 31.0. The zero-order chi connectivity index (χ0) is 26.1. The highest BCUT2D eigenvalue weighted by atomic mass is 79.9. The molecule has 0 saturated carbocycles. The van der Waals surface area contributed by atoms with Gasteiger partial charge in [-0.05, 0) is 97.1 Å². The highest BCUT2D eigenvalue weighted by molar-refractivity contribution is 9.11. The molecule has 37 heavy (non-hydrogen) atoms. The number of rotatable bonds is 12. The Labute approximate surface area is 250 Å². The quantitative estimate of drug-likeness (QED) is 0.145. The molecule has 0 spiro atoms. The van der Waals surface area contributed by atoms with E-state index in [1.807, 2.05) is 97.1 Å². The Morgan fingerprint density at radius 2 is 0.541 bits per heavy atom. The van der Waals surface area contributed by atoms with E-state index in [2.05, 4.69) is 63.7 Å². The molecule has 4 nitrogen and oxygen atoms in total. The third-order valence-electron chi connectivity index (χ3n) is 5.43. The Morgan fingerprint density at radius 3 is 0.730 bits per heavy atom. The van der Waals surface area contributed by atoms with Gasteiger partial charge < -0.3 is 18.9 Å². The molecule has 4 aromatic rings. The molecule has 0 saturated heterocycles. The van der Waals surface area contributed by atoms with Gasteiger partial charge in [0.15, 0.2) is 0 Å². The average Bonchev–Trinajstić information content (AvgIpc) is 2.91. The summed E-state index contributed by atoms with van der Waals surface area (Å²) in [6.07, 6.45) is 0. The van der Waals surface area contributed by atoms with Crippen LogP contribution in [0.1, 0.15) is 0 Å². The van der Waals surface area contributed by atoms with Crippen LogP contribution in [0.3, 0.4) is 0 Å². The second kappa shape index (κ2) is 13.7. The third-order valence-corrected chi connectivity index (χ3v) is 7.55. The van der Waals surface area contributed by atoms with E-state index in [1.165, 1.54) is 0 Å². The minimum Gasteiger partial charge on any atom is -0.493 e. The lowest BCUT2D eigenvalue weighted by Crippen LogP contribution is -2.45. The molecule has 0 heterocycles. The Balaban J connectivity index is 1.58. The molecule has 4 aromatic carbocycles. The molecule has 8 heteroatoms. The van der Waals surface area contributed by atoms with Crippen molar-refractivity contribution in [2.75, 3.05) is 26.4 Å². The fourth-order valence-corrected chi connectivity index (χ4v) is 4.38. The van der Waals surface area contributed by atoms with E-state index in [4.69, 9.17) is 18.9 Å². The molecule has 0 fully saturated rings. The van der Waals surface area contributed by atoms with Crippen molar-refractivity contribution in [3.8, 4) is 23.0 Å². The van der Waals surface area contributed by atoms with Crippen molar-refractivity contribution in [1.29, 1.82) is 0 Å². The van der Waals surface area contributed by atoms with Gasteiger partial charge >= 0.3 is 0 Å². The summed E-state index contributed by atoms with van der Waals surface area (Å²) >= 11 is 13.9. The van der Waals surface area contributed by atoms with Gasteiger partial charge in [0.1, 0.15) is 54.8 Å². The number of hydrogen-bond donors (Lipinski definition) is 0. The fourth-order valence-electron chi connectivity index (χ4n) is 3.32. The normalized spacial score (nSPS) is 11.1. The van der Waals surface area contributed by atoms with Crippen LogP contribution in [-0.4, -0.2) is 26.4 Å². The average molecular weight is 756 g/mol. The largest absolute Gasteiger partial charge is 0.493 e. The maximum atomic E-state index is 6.27. The minimum absolute atomic E-state index is 0.318.